The molecule has 1 aromatic rings. The van der Waals surface area contributed by atoms with Gasteiger partial charge in [0.15, 0.2) is 0 Å². The maximum atomic E-state index is 5.85. The highest BCUT2D eigenvalue weighted by Crippen LogP contribution is 2.30. The van der Waals surface area contributed by atoms with Crippen LogP contribution in [-0.2, 0) is 11.2 Å². The van der Waals surface area contributed by atoms with Gasteiger partial charge in [-0.3, -0.25) is 0 Å². The molecule has 3 heteroatoms. The van der Waals surface area contributed by atoms with Gasteiger partial charge in [0.05, 0.1) is 6.61 Å². The number of anilines is 2. The van der Waals surface area contributed by atoms with Gasteiger partial charge >= 0.3 is 0 Å². The molecule has 0 aliphatic carbocycles. The number of nitrogens with zero attached hydrogens (tertiary/aromatic N) is 1. The van der Waals surface area contributed by atoms with Crippen LogP contribution in [0.4, 0.5) is 11.4 Å². The van der Waals surface area contributed by atoms with Crippen molar-refractivity contribution in [3.63, 3.8) is 0 Å². The zero-order valence-electron chi connectivity index (χ0n) is 10.2. The third-order valence-corrected chi connectivity index (χ3v) is 3.82. The number of benzene rings is 1. The van der Waals surface area contributed by atoms with Crippen molar-refractivity contribution in [1.29, 1.82) is 0 Å². The molecule has 0 amide bonds. The van der Waals surface area contributed by atoms with E-state index in [4.69, 9.17) is 10.5 Å². The Balaban J connectivity index is 1.78. The number of ether oxygens (including phenoxy) is 1. The number of nitrogen functional groups attached to an aromatic ring is 1. The summed E-state index contributed by atoms with van der Waals surface area (Å²) in [5.74, 6) is 0.707. The normalized spacial score (nSPS) is 23.8. The molecule has 0 aromatic heterocycles. The molecular formula is C14H20N2O. The van der Waals surface area contributed by atoms with Crippen molar-refractivity contribution in [2.75, 3.05) is 36.9 Å². The third kappa shape index (κ3) is 2.25. The van der Waals surface area contributed by atoms with Crippen molar-refractivity contribution in [2.24, 2.45) is 5.92 Å². The first kappa shape index (κ1) is 10.9. The highest BCUT2D eigenvalue weighted by atomic mass is 16.5. The van der Waals surface area contributed by atoms with E-state index in [9.17, 15) is 0 Å². The molecule has 3 rings (SSSR count). The molecule has 2 aliphatic heterocycles. The van der Waals surface area contributed by atoms with Crippen LogP contribution >= 0.6 is 0 Å². The molecule has 1 saturated heterocycles. The molecule has 1 fully saturated rings. The van der Waals surface area contributed by atoms with Gasteiger partial charge in [0, 0.05) is 37.0 Å². The number of fused-ring (bicyclic) bond motifs is 1. The first-order chi connectivity index (χ1) is 8.33. The molecule has 1 unspecified atom stereocenters. The van der Waals surface area contributed by atoms with E-state index < -0.39 is 0 Å². The van der Waals surface area contributed by atoms with E-state index in [0.717, 1.165) is 31.9 Å². The first-order valence-electron chi connectivity index (χ1n) is 6.54. The van der Waals surface area contributed by atoms with Crippen molar-refractivity contribution >= 4 is 11.4 Å². The standard InChI is InChI=1S/C14H20N2O/c15-13-3-4-14-12(8-13)2-1-6-16(14)9-11-5-7-17-10-11/h3-4,8,11H,1-2,5-7,9-10,15H2. The highest BCUT2D eigenvalue weighted by molar-refractivity contribution is 5.61. The van der Waals surface area contributed by atoms with Crippen molar-refractivity contribution < 1.29 is 4.74 Å². The van der Waals surface area contributed by atoms with Gasteiger partial charge in [-0.2, -0.15) is 0 Å². The summed E-state index contributed by atoms with van der Waals surface area (Å²) < 4.78 is 5.46. The van der Waals surface area contributed by atoms with E-state index in [1.807, 2.05) is 6.07 Å². The van der Waals surface area contributed by atoms with E-state index in [2.05, 4.69) is 17.0 Å². The summed E-state index contributed by atoms with van der Waals surface area (Å²) in [4.78, 5) is 2.51. The molecule has 0 radical (unpaired) electrons. The predicted octanol–water partition coefficient (Wildman–Crippen LogP) is 2.06. The smallest absolute Gasteiger partial charge is 0.0512 e. The maximum Gasteiger partial charge on any atom is 0.0512 e. The fraction of sp³-hybridized carbons (Fsp3) is 0.571. The van der Waals surface area contributed by atoms with Crippen LogP contribution in [-0.4, -0.2) is 26.3 Å². The van der Waals surface area contributed by atoms with Gasteiger partial charge in [-0.25, -0.2) is 0 Å². The Labute approximate surface area is 103 Å². The molecule has 0 spiro atoms. The lowest BCUT2D eigenvalue weighted by atomic mass is 9.99. The minimum absolute atomic E-state index is 0.707. The van der Waals surface area contributed by atoms with Gasteiger partial charge in [0.1, 0.15) is 0 Å². The number of nitrogens with two attached hydrogens (primary N) is 1. The summed E-state index contributed by atoms with van der Waals surface area (Å²) in [6, 6.07) is 6.33. The average molecular weight is 232 g/mol. The molecule has 2 N–H and O–H groups in total. The maximum absolute atomic E-state index is 5.85. The summed E-state index contributed by atoms with van der Waals surface area (Å²) in [5, 5.41) is 0. The SMILES string of the molecule is Nc1ccc2c(c1)CCCN2CC1CCOC1. The summed E-state index contributed by atoms with van der Waals surface area (Å²) in [6.45, 7) is 4.18. The molecule has 2 aliphatic rings. The van der Waals surface area contributed by atoms with Crippen LogP contribution in [0, 0.1) is 5.92 Å². The minimum Gasteiger partial charge on any atom is -0.399 e. The highest BCUT2D eigenvalue weighted by Gasteiger charge is 2.22. The second kappa shape index (κ2) is 4.57. The zero-order chi connectivity index (χ0) is 11.7. The lowest BCUT2D eigenvalue weighted by Gasteiger charge is -2.33. The largest absolute Gasteiger partial charge is 0.399 e. The van der Waals surface area contributed by atoms with Crippen molar-refractivity contribution in [2.45, 2.75) is 19.3 Å². The second-order valence-corrected chi connectivity index (χ2v) is 5.17. The monoisotopic (exact) mass is 232 g/mol. The third-order valence-electron chi connectivity index (χ3n) is 3.82. The van der Waals surface area contributed by atoms with Gasteiger partial charge in [-0.05, 0) is 43.0 Å². The van der Waals surface area contributed by atoms with Gasteiger partial charge in [0.2, 0.25) is 0 Å². The molecular weight excluding hydrogens is 212 g/mol. The summed E-state index contributed by atoms with van der Waals surface area (Å²) in [7, 11) is 0. The Kier molecular flexibility index (Phi) is 2.93. The molecule has 17 heavy (non-hydrogen) atoms. The van der Waals surface area contributed by atoms with Gasteiger partial charge in [-0.15, -0.1) is 0 Å². The Morgan fingerprint density at radius 2 is 2.35 bits per heavy atom. The minimum atomic E-state index is 0.707. The Bertz CT molecular complexity index is 399. The van der Waals surface area contributed by atoms with Gasteiger partial charge in [0.25, 0.3) is 0 Å². The van der Waals surface area contributed by atoms with Crippen LogP contribution in [0.1, 0.15) is 18.4 Å². The van der Waals surface area contributed by atoms with Crippen LogP contribution in [0.5, 0.6) is 0 Å². The molecule has 0 bridgehead atoms. The second-order valence-electron chi connectivity index (χ2n) is 5.17. The molecule has 1 aromatic carbocycles. The summed E-state index contributed by atoms with van der Waals surface area (Å²) in [5.41, 5.74) is 9.54. The number of aryl methyl sites for hydroxylation is 1. The molecule has 2 heterocycles. The quantitative estimate of drug-likeness (QED) is 0.793. The van der Waals surface area contributed by atoms with Crippen LogP contribution in [0.2, 0.25) is 0 Å². The predicted molar refractivity (Wildman–Crippen MR) is 70.3 cm³/mol. The molecule has 92 valence electrons. The van der Waals surface area contributed by atoms with E-state index in [-0.39, 0.29) is 0 Å². The molecule has 1 atom stereocenters. The number of rotatable bonds is 2. The molecule has 3 nitrogen and oxygen atoms in total. The zero-order valence-corrected chi connectivity index (χ0v) is 10.2. The van der Waals surface area contributed by atoms with E-state index >= 15 is 0 Å². The Hall–Kier alpha value is -1.22. The molecule has 0 saturated carbocycles. The first-order valence-corrected chi connectivity index (χ1v) is 6.54. The topological polar surface area (TPSA) is 38.5 Å². The van der Waals surface area contributed by atoms with Crippen LogP contribution in [0.15, 0.2) is 18.2 Å². The Morgan fingerprint density at radius 1 is 1.41 bits per heavy atom. The fourth-order valence-corrected chi connectivity index (χ4v) is 2.92. The lowest BCUT2D eigenvalue weighted by Crippen LogP contribution is -2.34. The summed E-state index contributed by atoms with van der Waals surface area (Å²) in [6.07, 6.45) is 3.61. The number of hydrogen-bond acceptors (Lipinski definition) is 3. The van der Waals surface area contributed by atoms with Crippen LogP contribution < -0.4 is 10.6 Å². The lowest BCUT2D eigenvalue weighted by molar-refractivity contribution is 0.186. The van der Waals surface area contributed by atoms with Crippen molar-refractivity contribution in [3.05, 3.63) is 23.8 Å². The van der Waals surface area contributed by atoms with Gasteiger partial charge in [-0.1, -0.05) is 0 Å². The Morgan fingerprint density at radius 3 is 3.18 bits per heavy atom. The van der Waals surface area contributed by atoms with Crippen molar-refractivity contribution in [3.8, 4) is 0 Å². The average Bonchev–Trinajstić information content (AvgIpc) is 2.82. The van der Waals surface area contributed by atoms with E-state index in [1.54, 1.807) is 0 Å². The fourth-order valence-electron chi connectivity index (χ4n) is 2.92. The van der Waals surface area contributed by atoms with Gasteiger partial charge < -0.3 is 15.4 Å². The van der Waals surface area contributed by atoms with Crippen LogP contribution in [0.3, 0.4) is 0 Å². The van der Waals surface area contributed by atoms with Crippen LogP contribution in [0.25, 0.3) is 0 Å². The van der Waals surface area contributed by atoms with Crippen molar-refractivity contribution in [1.82, 2.24) is 0 Å². The number of hydrogen-bond donors (Lipinski definition) is 1. The van der Waals surface area contributed by atoms with E-state index in [1.165, 1.54) is 30.6 Å². The van der Waals surface area contributed by atoms with E-state index in [0.29, 0.717) is 5.92 Å². The summed E-state index contributed by atoms with van der Waals surface area (Å²) >= 11 is 0.